The van der Waals surface area contributed by atoms with Gasteiger partial charge >= 0.3 is 12.1 Å². The lowest BCUT2D eigenvalue weighted by atomic mass is 10.0. The van der Waals surface area contributed by atoms with Crippen molar-refractivity contribution in [3.63, 3.8) is 0 Å². The van der Waals surface area contributed by atoms with Crippen LogP contribution in [0.4, 0.5) is 17.6 Å². The summed E-state index contributed by atoms with van der Waals surface area (Å²) >= 11 is 0. The molecule has 1 atom stereocenters. The maximum Gasteiger partial charge on any atom is 0.416 e. The Labute approximate surface area is 105 Å². The van der Waals surface area contributed by atoms with Crippen LogP contribution < -0.4 is 0 Å². The molecular weight excluding hydrogens is 270 g/mol. The molecule has 4 nitrogen and oxygen atoms in total. The zero-order valence-electron chi connectivity index (χ0n) is 9.70. The van der Waals surface area contributed by atoms with Crippen molar-refractivity contribution < 1.29 is 27.1 Å². The number of alkyl halides is 3. The number of carbonyl (C=O) groups is 1. The molecule has 0 amide bonds. The second-order valence-corrected chi connectivity index (χ2v) is 3.49. The van der Waals surface area contributed by atoms with Crippen LogP contribution in [0.3, 0.4) is 0 Å². The minimum absolute atomic E-state index is 0.106. The van der Waals surface area contributed by atoms with E-state index in [2.05, 4.69) is 9.91 Å². The fourth-order valence-electron chi connectivity index (χ4n) is 1.38. The number of nitrogens with zero attached hydrogens (tertiary/aromatic N) is 1. The summed E-state index contributed by atoms with van der Waals surface area (Å²) in [4.78, 5) is 21.9. The minimum Gasteiger partial charge on any atom is -0.464 e. The van der Waals surface area contributed by atoms with Crippen LogP contribution in [0.15, 0.2) is 23.4 Å². The summed E-state index contributed by atoms with van der Waals surface area (Å²) in [5, 5.41) is 2.33. The Balaban J connectivity index is 3.23. The number of halogens is 4. The normalized spacial score (nSPS) is 12.9. The quantitative estimate of drug-likeness (QED) is 0.483. The summed E-state index contributed by atoms with van der Waals surface area (Å²) in [6.07, 6.45) is -4.72. The number of esters is 1. The lowest BCUT2D eigenvalue weighted by molar-refractivity contribution is -0.145. The molecule has 0 N–H and O–H groups in total. The predicted molar refractivity (Wildman–Crippen MR) is 56.6 cm³/mol. The molecule has 0 bridgehead atoms. The maximum atomic E-state index is 13.4. The van der Waals surface area contributed by atoms with Crippen LogP contribution in [0.5, 0.6) is 0 Å². The van der Waals surface area contributed by atoms with Crippen LogP contribution in [0.25, 0.3) is 0 Å². The molecule has 0 fully saturated rings. The third kappa shape index (κ3) is 3.49. The van der Waals surface area contributed by atoms with Gasteiger partial charge in [0.05, 0.1) is 12.2 Å². The lowest BCUT2D eigenvalue weighted by Gasteiger charge is -2.12. The standard InChI is InChI=1S/C11H9F4NO3/c1-2-19-10(17)9(16-18)7-5-6(11(13,14)15)3-4-8(7)12/h3-5,9H,2H2,1H3. The van der Waals surface area contributed by atoms with Crippen LogP contribution in [0.2, 0.25) is 0 Å². The van der Waals surface area contributed by atoms with Crippen molar-refractivity contribution in [2.45, 2.75) is 19.1 Å². The summed E-state index contributed by atoms with van der Waals surface area (Å²) < 4.78 is 55.3. The van der Waals surface area contributed by atoms with Crippen molar-refractivity contribution in [3.8, 4) is 0 Å². The Bertz CT molecular complexity index is 487. The summed E-state index contributed by atoms with van der Waals surface area (Å²) in [7, 11) is 0. The van der Waals surface area contributed by atoms with Gasteiger partial charge in [-0.25, -0.2) is 9.18 Å². The number of carbonyl (C=O) groups excluding carboxylic acids is 1. The first-order valence-corrected chi connectivity index (χ1v) is 5.17. The molecule has 1 aromatic carbocycles. The number of ether oxygens (including phenoxy) is 1. The molecule has 8 heteroatoms. The van der Waals surface area contributed by atoms with Crippen LogP contribution in [-0.4, -0.2) is 12.6 Å². The van der Waals surface area contributed by atoms with Crippen molar-refractivity contribution >= 4 is 5.97 Å². The number of hydrogen-bond donors (Lipinski definition) is 0. The van der Waals surface area contributed by atoms with Gasteiger partial charge < -0.3 is 4.74 Å². The zero-order chi connectivity index (χ0) is 14.6. The molecule has 0 spiro atoms. The second-order valence-electron chi connectivity index (χ2n) is 3.49. The molecule has 0 aliphatic carbocycles. The van der Waals surface area contributed by atoms with E-state index in [0.29, 0.717) is 18.2 Å². The van der Waals surface area contributed by atoms with Crippen LogP contribution in [0, 0.1) is 10.7 Å². The predicted octanol–water partition coefficient (Wildman–Crippen LogP) is 3.22. The topological polar surface area (TPSA) is 55.7 Å². The first-order chi connectivity index (χ1) is 8.81. The molecule has 0 aliphatic rings. The average Bonchev–Trinajstić information content (AvgIpc) is 2.31. The smallest absolute Gasteiger partial charge is 0.416 e. The van der Waals surface area contributed by atoms with Gasteiger partial charge in [-0.05, 0) is 30.3 Å². The Morgan fingerprint density at radius 1 is 1.42 bits per heavy atom. The van der Waals surface area contributed by atoms with E-state index in [1.807, 2.05) is 0 Å². The van der Waals surface area contributed by atoms with E-state index < -0.39 is 35.1 Å². The number of rotatable bonds is 4. The summed E-state index contributed by atoms with van der Waals surface area (Å²) in [6, 6.07) is -0.554. The van der Waals surface area contributed by atoms with Crippen molar-refractivity contribution in [1.29, 1.82) is 0 Å². The molecule has 0 aliphatic heterocycles. The van der Waals surface area contributed by atoms with Gasteiger partial charge in [-0.1, -0.05) is 0 Å². The Hall–Kier alpha value is -1.99. The van der Waals surface area contributed by atoms with Crippen LogP contribution >= 0.6 is 0 Å². The fourth-order valence-corrected chi connectivity index (χ4v) is 1.38. The van der Waals surface area contributed by atoms with E-state index in [0.717, 1.165) is 0 Å². The van der Waals surface area contributed by atoms with Crippen LogP contribution in [0.1, 0.15) is 24.1 Å². The van der Waals surface area contributed by atoms with Crippen LogP contribution in [-0.2, 0) is 15.7 Å². The largest absolute Gasteiger partial charge is 0.464 e. The van der Waals surface area contributed by atoms with E-state index in [1.54, 1.807) is 0 Å². The SMILES string of the molecule is CCOC(=O)C(N=O)c1cc(C(F)(F)F)ccc1F. The third-order valence-corrected chi connectivity index (χ3v) is 2.23. The highest BCUT2D eigenvalue weighted by Crippen LogP contribution is 2.32. The Kier molecular flexibility index (Phi) is 4.57. The van der Waals surface area contributed by atoms with E-state index in [4.69, 9.17) is 0 Å². The number of hydrogen-bond acceptors (Lipinski definition) is 4. The highest BCUT2D eigenvalue weighted by Gasteiger charge is 2.34. The van der Waals surface area contributed by atoms with E-state index in [9.17, 15) is 27.3 Å². The van der Waals surface area contributed by atoms with Crippen molar-refractivity contribution in [2.24, 2.45) is 5.18 Å². The molecule has 0 saturated carbocycles. The second kappa shape index (κ2) is 5.77. The first-order valence-electron chi connectivity index (χ1n) is 5.17. The van der Waals surface area contributed by atoms with Crippen molar-refractivity contribution in [2.75, 3.05) is 6.61 Å². The first kappa shape index (κ1) is 15.1. The molecular formula is C11H9F4NO3. The molecule has 19 heavy (non-hydrogen) atoms. The van der Waals surface area contributed by atoms with Gasteiger partial charge in [-0.2, -0.15) is 13.2 Å². The lowest BCUT2D eigenvalue weighted by Crippen LogP contribution is -2.16. The summed E-state index contributed by atoms with van der Waals surface area (Å²) in [6.45, 7) is 1.33. The summed E-state index contributed by atoms with van der Waals surface area (Å²) in [5.74, 6) is -2.33. The zero-order valence-corrected chi connectivity index (χ0v) is 9.70. The molecule has 104 valence electrons. The molecule has 1 rings (SSSR count). The average molecular weight is 279 g/mol. The maximum absolute atomic E-state index is 13.4. The molecule has 0 aromatic heterocycles. The molecule has 0 radical (unpaired) electrons. The van der Waals surface area contributed by atoms with E-state index in [-0.39, 0.29) is 6.61 Å². The highest BCUT2D eigenvalue weighted by molar-refractivity contribution is 5.78. The van der Waals surface area contributed by atoms with Gasteiger partial charge in [0.1, 0.15) is 5.82 Å². The molecule has 0 saturated heterocycles. The Morgan fingerprint density at radius 2 is 2.05 bits per heavy atom. The van der Waals surface area contributed by atoms with Gasteiger partial charge in [0.15, 0.2) is 0 Å². The molecule has 0 heterocycles. The van der Waals surface area contributed by atoms with Gasteiger partial charge in [-0.15, -0.1) is 4.91 Å². The van der Waals surface area contributed by atoms with Gasteiger partial charge in [0.2, 0.25) is 6.04 Å². The van der Waals surface area contributed by atoms with Crippen molar-refractivity contribution in [3.05, 3.63) is 40.1 Å². The fraction of sp³-hybridized carbons (Fsp3) is 0.364. The van der Waals surface area contributed by atoms with Gasteiger partial charge in [0.25, 0.3) is 0 Å². The number of benzene rings is 1. The highest BCUT2D eigenvalue weighted by atomic mass is 19.4. The third-order valence-electron chi connectivity index (χ3n) is 2.23. The van der Waals surface area contributed by atoms with Crippen molar-refractivity contribution in [1.82, 2.24) is 0 Å². The molecule has 1 unspecified atom stereocenters. The van der Waals surface area contributed by atoms with Gasteiger partial charge in [0, 0.05) is 5.56 Å². The summed E-state index contributed by atoms with van der Waals surface area (Å²) in [5.41, 5.74) is -1.94. The van der Waals surface area contributed by atoms with Gasteiger partial charge in [-0.3, -0.25) is 0 Å². The molecule has 1 aromatic rings. The Morgan fingerprint density at radius 3 is 2.53 bits per heavy atom. The monoisotopic (exact) mass is 279 g/mol. The minimum atomic E-state index is -4.72. The van der Waals surface area contributed by atoms with E-state index in [1.165, 1.54) is 6.92 Å². The van der Waals surface area contributed by atoms with E-state index >= 15 is 0 Å². The number of nitroso groups, excluding NO2 is 1.